The molecule has 0 unspecified atom stereocenters. The maximum absolute atomic E-state index is 5.64. The standard InChI is InChI=1S/C13H12NO3/c1-15-10-6-5-7-11(16-2)13(10)17-12-8-3-4-9-14-12/h3,5-9H,1-2H3. The summed E-state index contributed by atoms with van der Waals surface area (Å²) >= 11 is 0. The Morgan fingerprint density at radius 1 is 1.06 bits per heavy atom. The molecule has 87 valence electrons. The van der Waals surface area contributed by atoms with Gasteiger partial charge in [0.15, 0.2) is 11.5 Å². The van der Waals surface area contributed by atoms with E-state index in [1.54, 1.807) is 38.5 Å². The molecular weight excluding hydrogens is 218 g/mol. The number of rotatable bonds is 4. The van der Waals surface area contributed by atoms with Crippen LogP contribution in [-0.4, -0.2) is 19.2 Å². The van der Waals surface area contributed by atoms with Gasteiger partial charge in [0.05, 0.1) is 14.2 Å². The van der Waals surface area contributed by atoms with Crippen molar-refractivity contribution in [1.82, 2.24) is 4.98 Å². The third kappa shape index (κ3) is 2.47. The summed E-state index contributed by atoms with van der Waals surface area (Å²) in [6, 6.07) is 11.7. The fraction of sp³-hybridized carbons (Fsp3) is 0.154. The number of methoxy groups -OCH3 is 2. The van der Waals surface area contributed by atoms with Crippen molar-refractivity contribution in [3.05, 3.63) is 42.6 Å². The number of para-hydroxylation sites is 1. The van der Waals surface area contributed by atoms with Crippen LogP contribution in [0.25, 0.3) is 0 Å². The summed E-state index contributed by atoms with van der Waals surface area (Å²) in [6.07, 6.45) is 1.54. The van der Waals surface area contributed by atoms with Crippen molar-refractivity contribution in [1.29, 1.82) is 0 Å². The molecule has 2 rings (SSSR count). The Kier molecular flexibility index (Phi) is 3.45. The van der Waals surface area contributed by atoms with Gasteiger partial charge in [-0.2, -0.15) is 0 Å². The fourth-order valence-corrected chi connectivity index (χ4v) is 1.39. The van der Waals surface area contributed by atoms with Crippen LogP contribution in [0.4, 0.5) is 0 Å². The third-order valence-electron chi connectivity index (χ3n) is 2.18. The molecule has 0 bridgehead atoms. The van der Waals surface area contributed by atoms with Crippen LogP contribution in [0.3, 0.4) is 0 Å². The lowest BCUT2D eigenvalue weighted by Gasteiger charge is -2.12. The zero-order valence-corrected chi connectivity index (χ0v) is 9.64. The Bertz CT molecular complexity index is 463. The van der Waals surface area contributed by atoms with Crippen molar-refractivity contribution in [2.24, 2.45) is 0 Å². The molecule has 0 aliphatic rings. The van der Waals surface area contributed by atoms with E-state index in [1.807, 2.05) is 6.07 Å². The van der Waals surface area contributed by atoms with E-state index in [2.05, 4.69) is 11.1 Å². The van der Waals surface area contributed by atoms with Crippen LogP contribution >= 0.6 is 0 Å². The molecule has 4 heteroatoms. The molecule has 1 heterocycles. The quantitative estimate of drug-likeness (QED) is 0.809. The van der Waals surface area contributed by atoms with E-state index in [1.165, 1.54) is 6.20 Å². The first-order chi connectivity index (χ1) is 8.35. The molecule has 0 spiro atoms. The highest BCUT2D eigenvalue weighted by atomic mass is 16.5. The van der Waals surface area contributed by atoms with Crippen molar-refractivity contribution in [2.45, 2.75) is 0 Å². The molecule has 1 radical (unpaired) electrons. The number of aromatic nitrogens is 1. The Labute approximate surface area is 99.8 Å². The molecule has 4 nitrogen and oxygen atoms in total. The molecule has 0 atom stereocenters. The number of benzene rings is 1. The van der Waals surface area contributed by atoms with Crippen molar-refractivity contribution in [2.75, 3.05) is 14.2 Å². The van der Waals surface area contributed by atoms with Crippen LogP contribution < -0.4 is 14.2 Å². The predicted octanol–water partition coefficient (Wildman–Crippen LogP) is 2.69. The first kappa shape index (κ1) is 11.3. The van der Waals surface area contributed by atoms with Gasteiger partial charge in [-0.15, -0.1) is 0 Å². The van der Waals surface area contributed by atoms with Gasteiger partial charge in [0.2, 0.25) is 11.6 Å². The molecule has 0 aliphatic carbocycles. The zero-order chi connectivity index (χ0) is 12.1. The van der Waals surface area contributed by atoms with Gasteiger partial charge in [0.1, 0.15) is 0 Å². The lowest BCUT2D eigenvalue weighted by molar-refractivity contribution is 0.342. The van der Waals surface area contributed by atoms with Crippen molar-refractivity contribution in [3.63, 3.8) is 0 Å². The highest BCUT2D eigenvalue weighted by Gasteiger charge is 2.12. The van der Waals surface area contributed by atoms with Crippen molar-refractivity contribution < 1.29 is 14.2 Å². The average molecular weight is 230 g/mol. The van der Waals surface area contributed by atoms with Gasteiger partial charge in [-0.3, -0.25) is 0 Å². The second-order valence-electron chi connectivity index (χ2n) is 3.19. The minimum atomic E-state index is 0.464. The molecule has 1 aromatic carbocycles. The smallest absolute Gasteiger partial charge is 0.219 e. The summed E-state index contributed by atoms with van der Waals surface area (Å²) in [5, 5.41) is 0. The Morgan fingerprint density at radius 3 is 2.29 bits per heavy atom. The highest BCUT2D eigenvalue weighted by Crippen LogP contribution is 2.39. The van der Waals surface area contributed by atoms with Gasteiger partial charge in [0, 0.05) is 18.3 Å². The largest absolute Gasteiger partial charge is 0.493 e. The summed E-state index contributed by atoms with van der Waals surface area (Å²) in [5.41, 5.74) is 0. The van der Waals surface area contributed by atoms with Crippen molar-refractivity contribution in [3.8, 4) is 23.1 Å². The topological polar surface area (TPSA) is 40.6 Å². The Morgan fingerprint density at radius 2 is 1.76 bits per heavy atom. The van der Waals surface area contributed by atoms with Gasteiger partial charge < -0.3 is 14.2 Å². The van der Waals surface area contributed by atoms with Crippen LogP contribution in [-0.2, 0) is 0 Å². The number of ether oxygens (including phenoxy) is 3. The maximum Gasteiger partial charge on any atom is 0.219 e. The summed E-state index contributed by atoms with van der Waals surface area (Å²) in [7, 11) is 3.15. The van der Waals surface area contributed by atoms with E-state index in [0.29, 0.717) is 23.1 Å². The number of nitrogens with zero attached hydrogens (tertiary/aromatic N) is 1. The predicted molar refractivity (Wildman–Crippen MR) is 62.7 cm³/mol. The second-order valence-corrected chi connectivity index (χ2v) is 3.19. The normalized spacial score (nSPS) is 9.76. The van der Waals surface area contributed by atoms with E-state index in [4.69, 9.17) is 14.2 Å². The average Bonchev–Trinajstić information content (AvgIpc) is 2.40. The molecule has 0 saturated heterocycles. The van der Waals surface area contributed by atoms with E-state index < -0.39 is 0 Å². The molecule has 2 aromatic rings. The first-order valence-corrected chi connectivity index (χ1v) is 5.06. The number of hydrogen-bond acceptors (Lipinski definition) is 4. The second kappa shape index (κ2) is 5.21. The molecule has 0 N–H and O–H groups in total. The summed E-state index contributed by atoms with van der Waals surface area (Å²) in [6.45, 7) is 0. The summed E-state index contributed by atoms with van der Waals surface area (Å²) in [5.74, 6) is 2.17. The van der Waals surface area contributed by atoms with Crippen LogP contribution in [0.5, 0.6) is 23.1 Å². The van der Waals surface area contributed by atoms with E-state index in [-0.39, 0.29) is 0 Å². The van der Waals surface area contributed by atoms with E-state index in [9.17, 15) is 0 Å². The highest BCUT2D eigenvalue weighted by molar-refractivity contribution is 5.52. The van der Waals surface area contributed by atoms with Gasteiger partial charge in [-0.25, -0.2) is 4.98 Å². The fourth-order valence-electron chi connectivity index (χ4n) is 1.39. The number of hydrogen-bond donors (Lipinski definition) is 0. The Hall–Kier alpha value is -2.23. The number of pyridine rings is 1. The lowest BCUT2D eigenvalue weighted by Crippen LogP contribution is -1.95. The van der Waals surface area contributed by atoms with Crippen LogP contribution in [0.1, 0.15) is 0 Å². The zero-order valence-electron chi connectivity index (χ0n) is 9.64. The van der Waals surface area contributed by atoms with Gasteiger partial charge in [0.25, 0.3) is 0 Å². The van der Waals surface area contributed by atoms with Gasteiger partial charge in [-0.05, 0) is 18.2 Å². The van der Waals surface area contributed by atoms with Gasteiger partial charge in [-0.1, -0.05) is 6.07 Å². The van der Waals surface area contributed by atoms with Crippen LogP contribution in [0.2, 0.25) is 0 Å². The van der Waals surface area contributed by atoms with Crippen LogP contribution in [0.15, 0.2) is 36.5 Å². The third-order valence-corrected chi connectivity index (χ3v) is 2.18. The molecular formula is C13H12NO3. The summed E-state index contributed by atoms with van der Waals surface area (Å²) in [4.78, 5) is 4.04. The molecule has 0 saturated carbocycles. The van der Waals surface area contributed by atoms with Gasteiger partial charge >= 0.3 is 0 Å². The maximum atomic E-state index is 5.64. The molecule has 0 amide bonds. The van der Waals surface area contributed by atoms with Crippen molar-refractivity contribution >= 4 is 0 Å². The minimum Gasteiger partial charge on any atom is -0.493 e. The first-order valence-electron chi connectivity index (χ1n) is 5.06. The SMILES string of the molecule is COc1cccc(OC)c1Oc1cc[c]cn1. The monoisotopic (exact) mass is 230 g/mol. The molecule has 1 aromatic heterocycles. The van der Waals surface area contributed by atoms with E-state index >= 15 is 0 Å². The molecule has 17 heavy (non-hydrogen) atoms. The molecule has 0 fully saturated rings. The lowest BCUT2D eigenvalue weighted by atomic mass is 10.3. The Balaban J connectivity index is 2.37. The minimum absolute atomic E-state index is 0.464. The van der Waals surface area contributed by atoms with E-state index in [0.717, 1.165) is 0 Å². The summed E-state index contributed by atoms with van der Waals surface area (Å²) < 4.78 is 16.1. The van der Waals surface area contributed by atoms with Crippen LogP contribution in [0, 0.1) is 6.07 Å². The molecule has 0 aliphatic heterocycles.